The molecular weight excluding hydrogens is 292 g/mol. The minimum Gasteiger partial charge on any atom is -0.495 e. The molecule has 1 rings (SSSR count). The Balaban J connectivity index is 2.82. The largest absolute Gasteiger partial charge is 0.495 e. The molecule has 1 aromatic rings. The molecule has 0 spiro atoms. The minimum atomic E-state index is -0.595. The van der Waals surface area contributed by atoms with Crippen LogP contribution in [-0.4, -0.2) is 19.6 Å². The first kappa shape index (κ1) is 16.4. The van der Waals surface area contributed by atoms with Gasteiger partial charge in [-0.25, -0.2) is 0 Å². The van der Waals surface area contributed by atoms with Gasteiger partial charge in [0.05, 0.1) is 25.3 Å². The number of rotatable bonds is 6. The summed E-state index contributed by atoms with van der Waals surface area (Å²) in [4.78, 5) is 12.0. The number of halogens is 1. The zero-order chi connectivity index (χ0) is 15.7. The standard InChI is InChI=1S/C14H13ClN4O2/c1-21-13-4-3-11(15)7-12(13)19-14(20)10(8-17)9-18-6-2-5-16/h3-4,7,9,18H,2,6H2,1H3,(H,19,20)/b10-9-. The van der Waals surface area contributed by atoms with E-state index in [4.69, 9.17) is 26.9 Å². The molecule has 0 radical (unpaired) electrons. The van der Waals surface area contributed by atoms with Gasteiger partial charge in [0.2, 0.25) is 0 Å². The van der Waals surface area contributed by atoms with E-state index in [1.54, 1.807) is 18.2 Å². The summed E-state index contributed by atoms with van der Waals surface area (Å²) in [5.74, 6) is -0.162. The Labute approximate surface area is 127 Å². The van der Waals surface area contributed by atoms with Crippen molar-refractivity contribution in [1.82, 2.24) is 5.32 Å². The Hall–Kier alpha value is -2.70. The Kier molecular flexibility index (Phi) is 6.59. The lowest BCUT2D eigenvalue weighted by atomic mass is 10.2. The second-order valence-corrected chi connectivity index (χ2v) is 4.27. The molecule has 0 aromatic heterocycles. The number of nitrogens with zero attached hydrogens (tertiary/aromatic N) is 2. The van der Waals surface area contributed by atoms with Crippen LogP contribution in [0.2, 0.25) is 5.02 Å². The lowest BCUT2D eigenvalue weighted by Crippen LogP contribution is -2.17. The summed E-state index contributed by atoms with van der Waals surface area (Å²) in [7, 11) is 1.46. The van der Waals surface area contributed by atoms with E-state index in [0.717, 1.165) is 0 Å². The van der Waals surface area contributed by atoms with Crippen molar-refractivity contribution in [2.45, 2.75) is 6.42 Å². The zero-order valence-electron chi connectivity index (χ0n) is 11.3. The zero-order valence-corrected chi connectivity index (χ0v) is 12.1. The van der Waals surface area contributed by atoms with Crippen LogP contribution in [0.25, 0.3) is 0 Å². The number of methoxy groups -OCH3 is 1. The highest BCUT2D eigenvalue weighted by atomic mass is 35.5. The first-order valence-electron chi connectivity index (χ1n) is 5.98. The maximum atomic E-state index is 12.0. The number of ether oxygens (including phenoxy) is 1. The first-order valence-corrected chi connectivity index (χ1v) is 6.35. The van der Waals surface area contributed by atoms with Crippen molar-refractivity contribution in [1.29, 1.82) is 10.5 Å². The summed E-state index contributed by atoms with van der Waals surface area (Å²) in [6, 6.07) is 8.48. The molecule has 0 fully saturated rings. The number of hydrogen-bond donors (Lipinski definition) is 2. The van der Waals surface area contributed by atoms with Crippen molar-refractivity contribution >= 4 is 23.2 Å². The summed E-state index contributed by atoms with van der Waals surface area (Å²) in [6.07, 6.45) is 1.54. The van der Waals surface area contributed by atoms with Crippen LogP contribution in [-0.2, 0) is 4.79 Å². The van der Waals surface area contributed by atoms with Crippen LogP contribution in [0.4, 0.5) is 5.69 Å². The third kappa shape index (κ3) is 5.06. The molecule has 0 aliphatic heterocycles. The van der Waals surface area contributed by atoms with Crippen LogP contribution in [0, 0.1) is 22.7 Å². The van der Waals surface area contributed by atoms with Gasteiger partial charge in [0.25, 0.3) is 5.91 Å². The number of nitrogens with one attached hydrogen (secondary N) is 2. The third-order valence-electron chi connectivity index (χ3n) is 2.40. The number of hydrogen-bond acceptors (Lipinski definition) is 5. The Morgan fingerprint density at radius 3 is 2.86 bits per heavy atom. The average Bonchev–Trinajstić information content (AvgIpc) is 2.47. The number of anilines is 1. The van der Waals surface area contributed by atoms with Gasteiger partial charge in [-0.15, -0.1) is 0 Å². The van der Waals surface area contributed by atoms with Crippen molar-refractivity contribution in [3.63, 3.8) is 0 Å². The van der Waals surface area contributed by atoms with Gasteiger partial charge >= 0.3 is 0 Å². The highest BCUT2D eigenvalue weighted by molar-refractivity contribution is 6.31. The van der Waals surface area contributed by atoms with Gasteiger partial charge in [-0.2, -0.15) is 10.5 Å². The van der Waals surface area contributed by atoms with Gasteiger partial charge in [-0.1, -0.05) is 11.6 Å². The number of amides is 1. The van der Waals surface area contributed by atoms with Crippen molar-refractivity contribution in [2.24, 2.45) is 0 Å². The SMILES string of the molecule is COc1ccc(Cl)cc1NC(=O)/C(C#N)=C\NCCC#N. The molecule has 1 aromatic carbocycles. The van der Waals surface area contributed by atoms with Gasteiger partial charge in [-0.05, 0) is 18.2 Å². The van der Waals surface area contributed by atoms with E-state index in [1.165, 1.54) is 19.4 Å². The first-order chi connectivity index (χ1) is 10.1. The molecule has 0 saturated heterocycles. The number of nitriles is 2. The molecule has 0 aliphatic carbocycles. The van der Waals surface area contributed by atoms with Gasteiger partial charge in [-0.3, -0.25) is 4.79 Å². The van der Waals surface area contributed by atoms with E-state index < -0.39 is 5.91 Å². The molecule has 0 saturated carbocycles. The average molecular weight is 305 g/mol. The molecule has 0 aliphatic rings. The number of benzene rings is 1. The van der Waals surface area contributed by atoms with Crippen LogP contribution in [0.5, 0.6) is 5.75 Å². The second kappa shape index (κ2) is 8.47. The van der Waals surface area contributed by atoms with Crippen LogP contribution >= 0.6 is 11.6 Å². The molecular formula is C14H13ClN4O2. The Morgan fingerprint density at radius 1 is 1.48 bits per heavy atom. The summed E-state index contributed by atoms with van der Waals surface area (Å²) < 4.78 is 5.10. The molecule has 0 bridgehead atoms. The van der Waals surface area contributed by atoms with Crippen molar-refractivity contribution in [3.8, 4) is 17.9 Å². The van der Waals surface area contributed by atoms with E-state index in [-0.39, 0.29) is 12.0 Å². The lowest BCUT2D eigenvalue weighted by Gasteiger charge is -2.10. The van der Waals surface area contributed by atoms with Crippen molar-refractivity contribution in [2.75, 3.05) is 19.0 Å². The maximum Gasteiger partial charge on any atom is 0.267 e. The van der Waals surface area contributed by atoms with Gasteiger partial charge in [0.1, 0.15) is 17.4 Å². The van der Waals surface area contributed by atoms with E-state index in [1.807, 2.05) is 6.07 Å². The van der Waals surface area contributed by atoms with E-state index >= 15 is 0 Å². The fraction of sp³-hybridized carbons (Fsp3) is 0.214. The summed E-state index contributed by atoms with van der Waals surface area (Å²) in [6.45, 7) is 0.357. The van der Waals surface area contributed by atoms with Crippen LogP contribution in [0.1, 0.15) is 6.42 Å². The van der Waals surface area contributed by atoms with E-state index in [9.17, 15) is 4.79 Å². The summed E-state index contributed by atoms with van der Waals surface area (Å²) in [5, 5.41) is 23.1. The molecule has 1 amide bonds. The maximum absolute atomic E-state index is 12.0. The molecule has 7 heteroatoms. The van der Waals surface area contributed by atoms with Gasteiger partial charge in [0.15, 0.2) is 0 Å². The second-order valence-electron chi connectivity index (χ2n) is 3.83. The van der Waals surface area contributed by atoms with Crippen LogP contribution in [0.3, 0.4) is 0 Å². The molecule has 0 atom stereocenters. The number of carbonyl (C=O) groups is 1. The smallest absolute Gasteiger partial charge is 0.267 e. The van der Waals surface area contributed by atoms with Crippen LogP contribution < -0.4 is 15.4 Å². The molecule has 21 heavy (non-hydrogen) atoms. The molecule has 2 N–H and O–H groups in total. The normalized spacial score (nSPS) is 10.2. The van der Waals surface area contributed by atoms with Crippen molar-refractivity contribution in [3.05, 3.63) is 35.0 Å². The molecule has 0 heterocycles. The molecule has 0 unspecified atom stereocenters. The third-order valence-corrected chi connectivity index (χ3v) is 2.64. The predicted molar refractivity (Wildman–Crippen MR) is 78.6 cm³/mol. The Bertz CT molecular complexity index is 629. The summed E-state index contributed by atoms with van der Waals surface area (Å²) in [5.41, 5.74) is 0.253. The Morgan fingerprint density at radius 2 is 2.24 bits per heavy atom. The monoisotopic (exact) mass is 304 g/mol. The quantitative estimate of drug-likeness (QED) is 0.477. The topological polar surface area (TPSA) is 97.9 Å². The van der Waals surface area contributed by atoms with Gasteiger partial charge < -0.3 is 15.4 Å². The fourth-order valence-electron chi connectivity index (χ4n) is 1.42. The van der Waals surface area contributed by atoms with Gasteiger partial charge in [0, 0.05) is 17.8 Å². The van der Waals surface area contributed by atoms with Crippen LogP contribution in [0.15, 0.2) is 30.0 Å². The molecule has 6 nitrogen and oxygen atoms in total. The van der Waals surface area contributed by atoms with E-state index in [0.29, 0.717) is 23.0 Å². The highest BCUT2D eigenvalue weighted by Gasteiger charge is 2.12. The number of carbonyl (C=O) groups excluding carboxylic acids is 1. The van der Waals surface area contributed by atoms with Crippen molar-refractivity contribution < 1.29 is 9.53 Å². The minimum absolute atomic E-state index is 0.116. The predicted octanol–water partition coefficient (Wildman–Crippen LogP) is 2.20. The fourth-order valence-corrected chi connectivity index (χ4v) is 1.59. The van der Waals surface area contributed by atoms with E-state index in [2.05, 4.69) is 10.6 Å². The summed E-state index contributed by atoms with van der Waals surface area (Å²) >= 11 is 5.86. The highest BCUT2D eigenvalue weighted by Crippen LogP contribution is 2.27. The molecule has 108 valence electrons. The lowest BCUT2D eigenvalue weighted by molar-refractivity contribution is -0.112.